The number of hydrogen-bond acceptors (Lipinski definition) is 6. The quantitative estimate of drug-likeness (QED) is 0.437. The zero-order valence-corrected chi connectivity index (χ0v) is 18.0. The van der Waals surface area contributed by atoms with E-state index in [0.29, 0.717) is 17.9 Å². The molecule has 0 aromatic heterocycles. The predicted molar refractivity (Wildman–Crippen MR) is 116 cm³/mol. The maximum atomic E-state index is 12.9. The van der Waals surface area contributed by atoms with Crippen LogP contribution in [0.15, 0.2) is 53.4 Å². The molecule has 1 heterocycles. The smallest absolute Gasteiger partial charge is 0.326 e. The van der Waals surface area contributed by atoms with Crippen molar-refractivity contribution in [1.82, 2.24) is 4.90 Å². The topological polar surface area (TPSA) is 72.9 Å². The normalized spacial score (nSPS) is 15.1. The Kier molecular flexibility index (Phi) is 7.46. The Morgan fingerprint density at radius 2 is 1.77 bits per heavy atom. The van der Waals surface area contributed by atoms with Crippen LogP contribution in [0.4, 0.5) is 9.18 Å². The molecule has 1 fully saturated rings. The van der Waals surface area contributed by atoms with Crippen LogP contribution in [-0.4, -0.2) is 35.2 Å². The summed E-state index contributed by atoms with van der Waals surface area (Å²) in [7, 11) is 0. The third-order valence-corrected chi connectivity index (χ3v) is 5.14. The number of imide groups is 1. The molecule has 0 atom stereocenters. The number of benzene rings is 2. The number of carbonyl (C=O) groups excluding carboxylic acids is 3. The van der Waals surface area contributed by atoms with Gasteiger partial charge in [-0.1, -0.05) is 38.1 Å². The molecule has 31 heavy (non-hydrogen) atoms. The van der Waals surface area contributed by atoms with Gasteiger partial charge < -0.3 is 9.47 Å². The summed E-state index contributed by atoms with van der Waals surface area (Å²) in [5, 5.41) is -0.503. The zero-order valence-electron chi connectivity index (χ0n) is 17.2. The summed E-state index contributed by atoms with van der Waals surface area (Å²) in [5.74, 6) is -0.651. The summed E-state index contributed by atoms with van der Waals surface area (Å²) in [4.78, 5) is 37.6. The van der Waals surface area contributed by atoms with E-state index < -0.39 is 23.7 Å². The van der Waals surface area contributed by atoms with E-state index in [9.17, 15) is 18.8 Å². The van der Waals surface area contributed by atoms with Crippen molar-refractivity contribution in [2.24, 2.45) is 5.92 Å². The second-order valence-electron chi connectivity index (χ2n) is 7.33. The first kappa shape index (κ1) is 22.6. The molecule has 0 saturated carbocycles. The molecule has 6 nitrogen and oxygen atoms in total. The fourth-order valence-corrected chi connectivity index (χ4v) is 3.47. The number of nitrogens with zero attached hydrogens (tertiary/aromatic N) is 1. The lowest BCUT2D eigenvalue weighted by Crippen LogP contribution is -2.34. The molecule has 162 valence electrons. The fourth-order valence-electron chi connectivity index (χ4n) is 2.63. The predicted octanol–water partition coefficient (Wildman–Crippen LogP) is 4.64. The number of rotatable bonds is 8. The number of amides is 2. The molecule has 2 aromatic rings. The zero-order chi connectivity index (χ0) is 22.4. The van der Waals surface area contributed by atoms with Crippen molar-refractivity contribution in [3.05, 3.63) is 70.4 Å². The van der Waals surface area contributed by atoms with Crippen molar-refractivity contribution in [2.75, 3.05) is 13.2 Å². The summed E-state index contributed by atoms with van der Waals surface area (Å²) in [6, 6.07) is 13.0. The van der Waals surface area contributed by atoms with E-state index in [-0.39, 0.29) is 23.2 Å². The highest BCUT2D eigenvalue weighted by atomic mass is 32.2. The average Bonchev–Trinajstić information content (AvgIpc) is 3.00. The monoisotopic (exact) mass is 443 g/mol. The van der Waals surface area contributed by atoms with Crippen molar-refractivity contribution >= 4 is 35.0 Å². The highest BCUT2D eigenvalue weighted by Crippen LogP contribution is 2.32. The Hall–Kier alpha value is -3.13. The number of thioether (sulfide) groups is 1. The first-order valence-electron chi connectivity index (χ1n) is 9.70. The van der Waals surface area contributed by atoms with Crippen LogP contribution in [-0.2, 0) is 20.9 Å². The van der Waals surface area contributed by atoms with Gasteiger partial charge in [-0.25, -0.2) is 4.39 Å². The fraction of sp³-hybridized carbons (Fsp3) is 0.261. The molecule has 0 spiro atoms. The average molecular weight is 443 g/mol. The van der Waals surface area contributed by atoms with Crippen molar-refractivity contribution in [3.63, 3.8) is 0 Å². The summed E-state index contributed by atoms with van der Waals surface area (Å²) < 4.78 is 23.7. The SMILES string of the molecule is CC(C)COC(=O)CN1C(=O)S/C(=C\c2ccc(OCc3ccc(F)cc3)cc2)C1=O. The second kappa shape index (κ2) is 10.3. The summed E-state index contributed by atoms with van der Waals surface area (Å²) >= 11 is 0.785. The standard InChI is InChI=1S/C23H22FNO5S/c1-15(2)13-30-21(26)12-25-22(27)20(31-23(25)28)11-16-5-9-19(10-6-16)29-14-17-3-7-18(24)8-4-17/h3-11,15H,12-14H2,1-2H3/b20-11-. The lowest BCUT2D eigenvalue weighted by atomic mass is 10.2. The number of halogens is 1. The van der Waals surface area contributed by atoms with E-state index in [0.717, 1.165) is 22.2 Å². The Labute approximate surface area is 184 Å². The van der Waals surface area contributed by atoms with E-state index in [1.54, 1.807) is 42.5 Å². The van der Waals surface area contributed by atoms with Crippen molar-refractivity contribution in [2.45, 2.75) is 20.5 Å². The molecule has 1 saturated heterocycles. The molecule has 0 bridgehead atoms. The van der Waals surface area contributed by atoms with Gasteiger partial charge in [-0.3, -0.25) is 19.3 Å². The van der Waals surface area contributed by atoms with E-state index >= 15 is 0 Å². The number of carbonyl (C=O) groups is 3. The molecule has 1 aliphatic heterocycles. The Balaban J connectivity index is 1.58. The third kappa shape index (κ3) is 6.42. The van der Waals surface area contributed by atoms with E-state index in [1.165, 1.54) is 12.1 Å². The highest BCUT2D eigenvalue weighted by molar-refractivity contribution is 8.18. The van der Waals surface area contributed by atoms with Crippen molar-refractivity contribution < 1.29 is 28.2 Å². The van der Waals surface area contributed by atoms with Crippen LogP contribution in [0.3, 0.4) is 0 Å². The summed E-state index contributed by atoms with van der Waals surface area (Å²) in [5.41, 5.74) is 1.55. The number of hydrogen-bond donors (Lipinski definition) is 0. The molecule has 8 heteroatoms. The van der Waals surface area contributed by atoms with Crippen LogP contribution in [0.2, 0.25) is 0 Å². The van der Waals surface area contributed by atoms with Crippen LogP contribution >= 0.6 is 11.8 Å². The summed E-state index contributed by atoms with van der Waals surface area (Å²) in [6.07, 6.45) is 1.59. The van der Waals surface area contributed by atoms with Gasteiger partial charge in [-0.05, 0) is 59.1 Å². The van der Waals surface area contributed by atoms with Gasteiger partial charge in [0.2, 0.25) is 0 Å². The number of esters is 1. The van der Waals surface area contributed by atoms with Gasteiger partial charge in [0.15, 0.2) is 0 Å². The largest absolute Gasteiger partial charge is 0.489 e. The third-order valence-electron chi connectivity index (χ3n) is 4.24. The maximum absolute atomic E-state index is 12.9. The Bertz CT molecular complexity index is 986. The van der Waals surface area contributed by atoms with Crippen molar-refractivity contribution in [1.29, 1.82) is 0 Å². The first-order valence-corrected chi connectivity index (χ1v) is 10.5. The molecule has 2 aromatic carbocycles. The molecule has 3 rings (SSSR count). The Morgan fingerprint density at radius 1 is 1.10 bits per heavy atom. The molecule has 0 aliphatic carbocycles. The molecule has 0 radical (unpaired) electrons. The highest BCUT2D eigenvalue weighted by Gasteiger charge is 2.36. The van der Waals surface area contributed by atoms with Gasteiger partial charge in [0.25, 0.3) is 11.1 Å². The molecular weight excluding hydrogens is 421 g/mol. The number of ether oxygens (including phenoxy) is 2. The van der Waals surface area contributed by atoms with Gasteiger partial charge in [-0.2, -0.15) is 0 Å². The van der Waals surface area contributed by atoms with E-state index in [4.69, 9.17) is 9.47 Å². The molecule has 2 amide bonds. The lowest BCUT2D eigenvalue weighted by Gasteiger charge is -2.12. The van der Waals surface area contributed by atoms with E-state index in [2.05, 4.69) is 0 Å². The minimum absolute atomic E-state index is 0.168. The van der Waals surface area contributed by atoms with Crippen LogP contribution in [0, 0.1) is 11.7 Å². The summed E-state index contributed by atoms with van der Waals surface area (Å²) in [6.45, 7) is 3.93. The van der Waals surface area contributed by atoms with Gasteiger partial charge in [-0.15, -0.1) is 0 Å². The molecule has 0 unspecified atom stereocenters. The lowest BCUT2D eigenvalue weighted by molar-refractivity contribution is -0.147. The first-order chi connectivity index (χ1) is 14.8. The van der Waals surface area contributed by atoms with Gasteiger partial charge in [0.05, 0.1) is 11.5 Å². The van der Waals surface area contributed by atoms with Gasteiger partial charge >= 0.3 is 5.97 Å². The van der Waals surface area contributed by atoms with Crippen LogP contribution in [0.25, 0.3) is 6.08 Å². The van der Waals surface area contributed by atoms with Crippen LogP contribution < -0.4 is 4.74 Å². The minimum atomic E-state index is -0.611. The maximum Gasteiger partial charge on any atom is 0.326 e. The van der Waals surface area contributed by atoms with Gasteiger partial charge in [0, 0.05) is 0 Å². The second-order valence-corrected chi connectivity index (χ2v) is 8.32. The van der Waals surface area contributed by atoms with Crippen LogP contribution in [0.5, 0.6) is 5.75 Å². The minimum Gasteiger partial charge on any atom is -0.489 e. The van der Waals surface area contributed by atoms with Crippen LogP contribution in [0.1, 0.15) is 25.0 Å². The Morgan fingerprint density at radius 3 is 2.42 bits per heavy atom. The molecule has 1 aliphatic rings. The van der Waals surface area contributed by atoms with Gasteiger partial charge in [0.1, 0.15) is 24.7 Å². The van der Waals surface area contributed by atoms with E-state index in [1.807, 2.05) is 13.8 Å². The molecule has 0 N–H and O–H groups in total. The van der Waals surface area contributed by atoms with Crippen molar-refractivity contribution in [3.8, 4) is 5.75 Å². The molecular formula is C23H22FNO5S.